The molecule has 2 aromatic rings. The third kappa shape index (κ3) is 6.26. The van der Waals surface area contributed by atoms with Gasteiger partial charge < -0.3 is 4.43 Å². The van der Waals surface area contributed by atoms with Crippen molar-refractivity contribution in [3.05, 3.63) is 83.9 Å². The topological polar surface area (TPSA) is 9.23 Å². The smallest absolute Gasteiger partial charge is 0.192 e. The molecule has 26 heavy (non-hydrogen) atoms. The SMILES string of the molecule is CC(C)(C)[Si](C)(C)OC[C@H](/C=C/CCc1ccccc1)c1ccccc1. The van der Waals surface area contributed by atoms with Crippen LogP contribution < -0.4 is 0 Å². The van der Waals surface area contributed by atoms with Crippen LogP contribution in [0.15, 0.2) is 72.8 Å². The van der Waals surface area contributed by atoms with E-state index in [0.717, 1.165) is 19.4 Å². The van der Waals surface area contributed by atoms with Gasteiger partial charge in [0.15, 0.2) is 8.32 Å². The molecule has 140 valence electrons. The normalized spacial score (nSPS) is 13.9. The summed E-state index contributed by atoms with van der Waals surface area (Å²) < 4.78 is 6.51. The maximum Gasteiger partial charge on any atom is 0.192 e. The van der Waals surface area contributed by atoms with Crippen molar-refractivity contribution in [1.29, 1.82) is 0 Å². The molecule has 0 heterocycles. The lowest BCUT2D eigenvalue weighted by molar-refractivity contribution is 0.278. The molecule has 0 N–H and O–H groups in total. The van der Waals surface area contributed by atoms with Crippen molar-refractivity contribution < 1.29 is 4.43 Å². The lowest BCUT2D eigenvalue weighted by Crippen LogP contribution is -2.41. The Morgan fingerprint density at radius 3 is 2.08 bits per heavy atom. The van der Waals surface area contributed by atoms with Crippen molar-refractivity contribution in [3.63, 3.8) is 0 Å². The third-order valence-corrected chi connectivity index (χ3v) is 9.97. The molecule has 0 saturated carbocycles. The summed E-state index contributed by atoms with van der Waals surface area (Å²) in [6.07, 6.45) is 6.81. The maximum atomic E-state index is 6.51. The Morgan fingerprint density at radius 1 is 0.923 bits per heavy atom. The molecule has 0 aromatic heterocycles. The molecule has 2 heteroatoms. The second-order valence-corrected chi connectivity index (χ2v) is 13.4. The summed E-state index contributed by atoms with van der Waals surface area (Å²) in [5, 5.41) is 0.241. The van der Waals surface area contributed by atoms with Gasteiger partial charge in [-0.2, -0.15) is 0 Å². The van der Waals surface area contributed by atoms with Crippen LogP contribution in [0.2, 0.25) is 18.1 Å². The third-order valence-electron chi connectivity index (χ3n) is 5.47. The highest BCUT2D eigenvalue weighted by Gasteiger charge is 2.37. The zero-order valence-electron chi connectivity index (χ0n) is 17.0. The molecule has 2 aromatic carbocycles. The number of benzene rings is 2. The molecule has 0 unspecified atom stereocenters. The number of hydrogen-bond acceptors (Lipinski definition) is 1. The molecule has 0 bridgehead atoms. The standard InChI is InChI=1S/C24H34OSi/c1-24(2,3)26(4,5)25-20-23(22-17-10-7-11-18-22)19-13-12-16-21-14-8-6-9-15-21/h6-11,13-15,17-19,23H,12,16,20H2,1-5H3/b19-13+/t23-/m0/s1. The summed E-state index contributed by atoms with van der Waals surface area (Å²) >= 11 is 0. The molecule has 0 fully saturated rings. The van der Waals surface area contributed by atoms with Crippen LogP contribution in [0.4, 0.5) is 0 Å². The molecule has 0 aliphatic carbocycles. The molecule has 0 saturated heterocycles. The zero-order chi connectivity index (χ0) is 19.0. The summed E-state index contributed by atoms with van der Waals surface area (Å²) in [5.74, 6) is 0.320. The van der Waals surface area contributed by atoms with Gasteiger partial charge in [0.25, 0.3) is 0 Å². The Bertz CT molecular complexity index is 668. The van der Waals surface area contributed by atoms with Gasteiger partial charge in [-0.05, 0) is 42.1 Å². The predicted octanol–water partition coefficient (Wildman–Crippen LogP) is 6.98. The predicted molar refractivity (Wildman–Crippen MR) is 116 cm³/mol. The first-order valence-corrected chi connectivity index (χ1v) is 12.6. The van der Waals surface area contributed by atoms with Crippen LogP contribution in [-0.2, 0) is 10.8 Å². The van der Waals surface area contributed by atoms with Crippen LogP contribution >= 0.6 is 0 Å². The van der Waals surface area contributed by atoms with E-state index in [2.05, 4.69) is 107 Å². The molecule has 1 nitrogen and oxygen atoms in total. The van der Waals surface area contributed by atoms with E-state index in [-0.39, 0.29) is 5.04 Å². The Kier molecular flexibility index (Phi) is 7.42. The quantitative estimate of drug-likeness (QED) is 0.361. The lowest BCUT2D eigenvalue weighted by Gasteiger charge is -2.37. The number of hydrogen-bond donors (Lipinski definition) is 0. The average molecular weight is 367 g/mol. The zero-order valence-corrected chi connectivity index (χ0v) is 18.0. The second kappa shape index (κ2) is 9.34. The van der Waals surface area contributed by atoms with Crippen molar-refractivity contribution in [2.24, 2.45) is 0 Å². The summed E-state index contributed by atoms with van der Waals surface area (Å²) in [5.41, 5.74) is 2.73. The number of aryl methyl sites for hydroxylation is 1. The lowest BCUT2D eigenvalue weighted by atomic mass is 9.99. The van der Waals surface area contributed by atoms with Gasteiger partial charge >= 0.3 is 0 Å². The number of allylic oxidation sites excluding steroid dienone is 1. The Labute approximate surface area is 161 Å². The van der Waals surface area contributed by atoms with Crippen molar-refractivity contribution in [2.45, 2.75) is 57.7 Å². The molecule has 0 amide bonds. The minimum Gasteiger partial charge on any atom is -0.416 e. The molecule has 0 aliphatic heterocycles. The van der Waals surface area contributed by atoms with E-state index in [1.807, 2.05) is 0 Å². The van der Waals surface area contributed by atoms with E-state index in [9.17, 15) is 0 Å². The van der Waals surface area contributed by atoms with Crippen LogP contribution in [0.3, 0.4) is 0 Å². The van der Waals surface area contributed by atoms with Gasteiger partial charge in [-0.1, -0.05) is 93.6 Å². The highest BCUT2D eigenvalue weighted by molar-refractivity contribution is 6.74. The molecule has 2 rings (SSSR count). The molecule has 0 aliphatic rings. The highest BCUT2D eigenvalue weighted by atomic mass is 28.4. The largest absolute Gasteiger partial charge is 0.416 e. The van der Waals surface area contributed by atoms with Gasteiger partial charge in [0.05, 0.1) is 0 Å². The van der Waals surface area contributed by atoms with E-state index >= 15 is 0 Å². The molecule has 0 spiro atoms. The van der Waals surface area contributed by atoms with Gasteiger partial charge in [-0.3, -0.25) is 0 Å². The first-order valence-electron chi connectivity index (χ1n) is 9.69. The van der Waals surface area contributed by atoms with Crippen molar-refractivity contribution in [1.82, 2.24) is 0 Å². The summed E-state index contributed by atoms with van der Waals surface area (Å²) in [6.45, 7) is 12.3. The van der Waals surface area contributed by atoms with E-state index in [0.29, 0.717) is 5.92 Å². The van der Waals surface area contributed by atoms with E-state index in [1.165, 1.54) is 11.1 Å². The fourth-order valence-electron chi connectivity index (χ4n) is 2.63. The molecular weight excluding hydrogens is 332 g/mol. The summed E-state index contributed by atoms with van der Waals surface area (Å²) in [7, 11) is -1.73. The molecular formula is C24H34OSi. The van der Waals surface area contributed by atoms with E-state index < -0.39 is 8.32 Å². The molecule has 1 atom stereocenters. The van der Waals surface area contributed by atoms with Gasteiger partial charge in [0.2, 0.25) is 0 Å². The van der Waals surface area contributed by atoms with Crippen molar-refractivity contribution in [3.8, 4) is 0 Å². The summed E-state index contributed by atoms with van der Waals surface area (Å²) in [4.78, 5) is 0. The monoisotopic (exact) mass is 366 g/mol. The minimum absolute atomic E-state index is 0.241. The fourth-order valence-corrected chi connectivity index (χ4v) is 3.66. The van der Waals surface area contributed by atoms with E-state index in [1.54, 1.807) is 0 Å². The first kappa shape index (κ1) is 20.7. The van der Waals surface area contributed by atoms with Gasteiger partial charge in [-0.25, -0.2) is 0 Å². The Morgan fingerprint density at radius 2 is 1.50 bits per heavy atom. The second-order valence-electron chi connectivity index (χ2n) is 8.54. The van der Waals surface area contributed by atoms with Crippen LogP contribution in [-0.4, -0.2) is 14.9 Å². The summed E-state index contributed by atoms with van der Waals surface area (Å²) in [6, 6.07) is 21.4. The van der Waals surface area contributed by atoms with Gasteiger partial charge in [0, 0.05) is 12.5 Å². The number of rotatable bonds is 8. The minimum atomic E-state index is -1.73. The van der Waals surface area contributed by atoms with Crippen LogP contribution in [0, 0.1) is 0 Å². The van der Waals surface area contributed by atoms with Crippen molar-refractivity contribution >= 4 is 8.32 Å². The van der Waals surface area contributed by atoms with Crippen LogP contribution in [0.25, 0.3) is 0 Å². The average Bonchev–Trinajstić information content (AvgIpc) is 2.61. The Hall–Kier alpha value is -1.64. The Balaban J connectivity index is 2.01. The maximum absolute atomic E-state index is 6.51. The van der Waals surface area contributed by atoms with Crippen molar-refractivity contribution in [2.75, 3.05) is 6.61 Å². The highest BCUT2D eigenvalue weighted by Crippen LogP contribution is 2.37. The molecule has 0 radical (unpaired) electrons. The van der Waals surface area contributed by atoms with E-state index in [4.69, 9.17) is 4.43 Å². The fraction of sp³-hybridized carbons (Fsp3) is 0.417. The van der Waals surface area contributed by atoms with Crippen LogP contribution in [0.1, 0.15) is 44.2 Å². The van der Waals surface area contributed by atoms with Crippen LogP contribution in [0.5, 0.6) is 0 Å². The van der Waals surface area contributed by atoms with Gasteiger partial charge in [0.1, 0.15) is 0 Å². The van der Waals surface area contributed by atoms with Gasteiger partial charge in [-0.15, -0.1) is 0 Å². The first-order chi connectivity index (χ1) is 12.3.